The fraction of sp³-hybridized carbons (Fsp3) is 0.278. The number of hydrogen-bond acceptors (Lipinski definition) is 3. The van der Waals surface area contributed by atoms with Crippen LogP contribution in [0.3, 0.4) is 0 Å². The van der Waals surface area contributed by atoms with Crippen molar-refractivity contribution in [2.24, 2.45) is 0 Å². The summed E-state index contributed by atoms with van der Waals surface area (Å²) in [5.41, 5.74) is 2.13. The van der Waals surface area contributed by atoms with Gasteiger partial charge >= 0.3 is 0 Å². The molecule has 1 saturated heterocycles. The largest absolute Gasteiger partial charge is 0.351 e. The van der Waals surface area contributed by atoms with Crippen LogP contribution in [0.4, 0.5) is 0 Å². The third-order valence-corrected chi connectivity index (χ3v) is 5.09. The Morgan fingerprint density at radius 3 is 2.83 bits per heavy atom. The smallest absolute Gasteiger partial charge is 0.244 e. The van der Waals surface area contributed by atoms with E-state index in [1.807, 2.05) is 24.3 Å². The number of carbonyl (C=O) groups is 1. The summed E-state index contributed by atoms with van der Waals surface area (Å²) in [5.74, 6) is -0.0920. The molecule has 1 aromatic heterocycles. The predicted molar refractivity (Wildman–Crippen MR) is 96.7 cm³/mol. The summed E-state index contributed by atoms with van der Waals surface area (Å²) in [6, 6.07) is 9.89. The van der Waals surface area contributed by atoms with Crippen molar-refractivity contribution in [2.45, 2.75) is 12.5 Å². The van der Waals surface area contributed by atoms with Gasteiger partial charge in [0.2, 0.25) is 5.91 Å². The Morgan fingerprint density at radius 2 is 2.17 bits per heavy atom. The van der Waals surface area contributed by atoms with E-state index < -0.39 is 0 Å². The highest BCUT2D eigenvalue weighted by atomic mass is 35.5. The van der Waals surface area contributed by atoms with Crippen LogP contribution in [0.2, 0.25) is 5.02 Å². The molecule has 2 heterocycles. The molecule has 1 aliphatic rings. The van der Waals surface area contributed by atoms with Gasteiger partial charge in [0.05, 0.1) is 6.04 Å². The van der Waals surface area contributed by atoms with Crippen molar-refractivity contribution in [3.8, 4) is 0 Å². The van der Waals surface area contributed by atoms with Gasteiger partial charge in [0.15, 0.2) is 0 Å². The van der Waals surface area contributed by atoms with Crippen LogP contribution in [0, 0.1) is 0 Å². The van der Waals surface area contributed by atoms with Crippen LogP contribution in [0.25, 0.3) is 6.08 Å². The number of thiophene rings is 1. The summed E-state index contributed by atoms with van der Waals surface area (Å²) in [5, 5.41) is 7.90. The van der Waals surface area contributed by atoms with Crippen molar-refractivity contribution in [3.63, 3.8) is 0 Å². The second-order valence-electron chi connectivity index (χ2n) is 5.56. The Bertz CT molecular complexity index is 680. The number of nitrogens with one attached hydrogen (secondary N) is 1. The maximum absolute atomic E-state index is 12.1. The van der Waals surface area contributed by atoms with E-state index in [9.17, 15) is 4.79 Å². The van der Waals surface area contributed by atoms with Crippen LogP contribution in [0.15, 0.2) is 47.2 Å². The van der Waals surface area contributed by atoms with Gasteiger partial charge in [0, 0.05) is 30.7 Å². The molecule has 23 heavy (non-hydrogen) atoms. The van der Waals surface area contributed by atoms with Crippen molar-refractivity contribution in [1.82, 2.24) is 10.2 Å². The number of amides is 1. The highest BCUT2D eigenvalue weighted by Gasteiger charge is 2.25. The van der Waals surface area contributed by atoms with Crippen LogP contribution >= 0.6 is 22.9 Å². The Morgan fingerprint density at radius 1 is 1.35 bits per heavy atom. The molecule has 1 unspecified atom stereocenters. The van der Waals surface area contributed by atoms with Crippen molar-refractivity contribution >= 4 is 34.9 Å². The van der Waals surface area contributed by atoms with Gasteiger partial charge in [-0.3, -0.25) is 9.69 Å². The van der Waals surface area contributed by atoms with Gasteiger partial charge in [0.1, 0.15) is 0 Å². The lowest BCUT2D eigenvalue weighted by atomic mass is 10.0. The number of nitrogens with zero attached hydrogens (tertiary/aromatic N) is 1. The quantitative estimate of drug-likeness (QED) is 0.802. The van der Waals surface area contributed by atoms with Crippen molar-refractivity contribution in [2.75, 3.05) is 19.6 Å². The van der Waals surface area contributed by atoms with E-state index in [0.29, 0.717) is 11.6 Å². The number of likely N-dealkylation sites (tertiary alicyclic amines) is 1. The molecule has 0 aliphatic carbocycles. The number of rotatable bonds is 6. The molecule has 2 aromatic rings. The van der Waals surface area contributed by atoms with Gasteiger partial charge in [0.25, 0.3) is 0 Å². The highest BCUT2D eigenvalue weighted by Crippen LogP contribution is 2.26. The molecule has 1 fully saturated rings. The zero-order valence-electron chi connectivity index (χ0n) is 12.7. The Hall–Kier alpha value is -1.62. The minimum atomic E-state index is -0.0920. The van der Waals surface area contributed by atoms with Crippen LogP contribution < -0.4 is 5.32 Å². The Balaban J connectivity index is 1.58. The van der Waals surface area contributed by atoms with Gasteiger partial charge < -0.3 is 5.32 Å². The van der Waals surface area contributed by atoms with Crippen molar-refractivity contribution in [3.05, 3.63) is 63.3 Å². The van der Waals surface area contributed by atoms with E-state index >= 15 is 0 Å². The SMILES string of the molecule is O=C(C=Cc1ccccc1Cl)NCC(c1ccsc1)N1CCC1. The van der Waals surface area contributed by atoms with E-state index in [0.717, 1.165) is 18.7 Å². The summed E-state index contributed by atoms with van der Waals surface area (Å²) in [6.07, 6.45) is 4.53. The average molecular weight is 347 g/mol. The number of benzene rings is 1. The topological polar surface area (TPSA) is 32.3 Å². The molecule has 1 atom stereocenters. The predicted octanol–water partition coefficient (Wildman–Crippen LogP) is 3.98. The summed E-state index contributed by atoms with van der Waals surface area (Å²) >= 11 is 7.78. The van der Waals surface area contributed by atoms with E-state index in [1.54, 1.807) is 23.5 Å². The molecule has 1 amide bonds. The molecule has 0 spiro atoms. The van der Waals surface area contributed by atoms with Crippen LogP contribution in [-0.4, -0.2) is 30.4 Å². The molecule has 1 N–H and O–H groups in total. The van der Waals surface area contributed by atoms with Crippen LogP contribution in [0.5, 0.6) is 0 Å². The lowest BCUT2D eigenvalue weighted by Crippen LogP contribution is -2.44. The normalized spacial score (nSPS) is 16.2. The summed E-state index contributed by atoms with van der Waals surface area (Å²) in [4.78, 5) is 14.5. The summed E-state index contributed by atoms with van der Waals surface area (Å²) in [7, 11) is 0. The molecule has 0 radical (unpaired) electrons. The molecular weight excluding hydrogens is 328 g/mol. The molecule has 5 heteroatoms. The first kappa shape index (κ1) is 16.2. The number of halogens is 1. The van der Waals surface area contributed by atoms with Crippen molar-refractivity contribution in [1.29, 1.82) is 0 Å². The molecule has 1 aliphatic heterocycles. The van der Waals surface area contributed by atoms with E-state index in [2.05, 4.69) is 27.0 Å². The first-order chi connectivity index (χ1) is 11.2. The minimum Gasteiger partial charge on any atom is -0.351 e. The summed E-state index contributed by atoms with van der Waals surface area (Å²) in [6.45, 7) is 2.83. The van der Waals surface area contributed by atoms with E-state index in [1.165, 1.54) is 12.0 Å². The average Bonchev–Trinajstić information content (AvgIpc) is 3.02. The maximum atomic E-state index is 12.1. The monoisotopic (exact) mass is 346 g/mol. The van der Waals surface area contributed by atoms with Gasteiger partial charge in [-0.25, -0.2) is 0 Å². The number of hydrogen-bond donors (Lipinski definition) is 1. The second kappa shape index (κ2) is 7.77. The highest BCUT2D eigenvalue weighted by molar-refractivity contribution is 7.07. The summed E-state index contributed by atoms with van der Waals surface area (Å²) < 4.78 is 0. The zero-order chi connectivity index (χ0) is 16.1. The fourth-order valence-electron chi connectivity index (χ4n) is 2.61. The van der Waals surface area contributed by atoms with Crippen molar-refractivity contribution < 1.29 is 4.79 Å². The van der Waals surface area contributed by atoms with Crippen LogP contribution in [-0.2, 0) is 4.79 Å². The third kappa shape index (κ3) is 4.22. The molecular formula is C18H19ClN2OS. The molecule has 3 nitrogen and oxygen atoms in total. The van der Waals surface area contributed by atoms with Gasteiger partial charge in [-0.05, 0) is 46.5 Å². The first-order valence-corrected chi connectivity index (χ1v) is 9.03. The number of carbonyl (C=O) groups excluding carboxylic acids is 1. The molecule has 0 bridgehead atoms. The Kier molecular flexibility index (Phi) is 5.49. The fourth-order valence-corrected chi connectivity index (χ4v) is 3.51. The maximum Gasteiger partial charge on any atom is 0.244 e. The third-order valence-electron chi connectivity index (χ3n) is 4.05. The van der Waals surface area contributed by atoms with Crippen LogP contribution in [0.1, 0.15) is 23.6 Å². The lowest BCUT2D eigenvalue weighted by molar-refractivity contribution is -0.116. The molecule has 0 saturated carbocycles. The minimum absolute atomic E-state index is 0.0920. The van der Waals surface area contributed by atoms with Gasteiger partial charge in [-0.15, -0.1) is 0 Å². The lowest BCUT2D eigenvalue weighted by Gasteiger charge is -2.38. The van der Waals surface area contributed by atoms with Gasteiger partial charge in [-0.2, -0.15) is 11.3 Å². The molecule has 1 aromatic carbocycles. The Labute approximate surface area is 145 Å². The van der Waals surface area contributed by atoms with E-state index in [4.69, 9.17) is 11.6 Å². The molecule has 120 valence electrons. The molecule has 3 rings (SSSR count). The van der Waals surface area contributed by atoms with E-state index in [-0.39, 0.29) is 11.9 Å². The standard InChI is InChI=1S/C18H19ClN2OS/c19-16-5-2-1-4-14(16)6-7-18(22)20-12-17(21-9-3-10-21)15-8-11-23-13-15/h1-2,4-8,11,13,17H,3,9-10,12H2,(H,20,22). The zero-order valence-corrected chi connectivity index (χ0v) is 14.3. The second-order valence-corrected chi connectivity index (χ2v) is 6.75. The first-order valence-electron chi connectivity index (χ1n) is 7.70. The van der Waals surface area contributed by atoms with Gasteiger partial charge in [-0.1, -0.05) is 29.8 Å².